The Labute approximate surface area is 163 Å². The number of ether oxygens (including phenoxy) is 1. The first-order valence-electron chi connectivity index (χ1n) is 9.39. The zero-order chi connectivity index (χ0) is 19.8. The summed E-state index contributed by atoms with van der Waals surface area (Å²) < 4.78 is 11.3. The van der Waals surface area contributed by atoms with Crippen molar-refractivity contribution in [3.63, 3.8) is 0 Å². The van der Waals surface area contributed by atoms with Crippen LogP contribution in [-0.4, -0.2) is 38.5 Å². The van der Waals surface area contributed by atoms with Crippen LogP contribution in [0.5, 0.6) is 0 Å². The molecule has 0 aromatic rings. The molecule has 0 aromatic carbocycles. The number of hydrogen-bond donors (Lipinski definition) is 0. The highest BCUT2D eigenvalue weighted by atomic mass is 32.2. The third-order valence-electron chi connectivity index (χ3n) is 4.90. The Morgan fingerprint density at radius 3 is 2.65 bits per heavy atom. The van der Waals surface area contributed by atoms with E-state index < -0.39 is 8.32 Å². The summed E-state index contributed by atoms with van der Waals surface area (Å²) in [5.41, 5.74) is 0. The number of carbonyl (C=O) groups is 2. The van der Waals surface area contributed by atoms with Crippen molar-refractivity contribution in [2.24, 2.45) is 0 Å². The maximum atomic E-state index is 12.2. The fourth-order valence-corrected chi connectivity index (χ4v) is 4.64. The van der Waals surface area contributed by atoms with Crippen molar-refractivity contribution in [3.05, 3.63) is 23.6 Å². The van der Waals surface area contributed by atoms with Crippen LogP contribution in [0.3, 0.4) is 0 Å². The third-order valence-corrected chi connectivity index (χ3v) is 10.6. The number of esters is 1. The van der Waals surface area contributed by atoms with Gasteiger partial charge in [0.2, 0.25) is 0 Å². The highest BCUT2D eigenvalue weighted by molar-refractivity contribution is 8.04. The van der Waals surface area contributed by atoms with Crippen LogP contribution in [0.2, 0.25) is 18.1 Å². The van der Waals surface area contributed by atoms with Gasteiger partial charge in [0, 0.05) is 17.7 Å². The molecule has 1 rings (SSSR count). The molecule has 0 aliphatic heterocycles. The summed E-state index contributed by atoms with van der Waals surface area (Å²) >= 11 is 1.62. The van der Waals surface area contributed by atoms with Crippen LogP contribution in [0, 0.1) is 0 Å². The van der Waals surface area contributed by atoms with Crippen LogP contribution in [0.25, 0.3) is 0 Å². The number of allylic oxidation sites excluding steroid dienone is 1. The van der Waals surface area contributed by atoms with Crippen molar-refractivity contribution in [1.82, 2.24) is 0 Å². The van der Waals surface area contributed by atoms with E-state index in [0.29, 0.717) is 12.8 Å². The lowest BCUT2D eigenvalue weighted by Crippen LogP contribution is -2.43. The predicted molar refractivity (Wildman–Crippen MR) is 112 cm³/mol. The highest BCUT2D eigenvalue weighted by Crippen LogP contribution is 2.39. The van der Waals surface area contributed by atoms with Gasteiger partial charge in [-0.25, -0.2) is 0 Å². The molecule has 0 heterocycles. The molecule has 4 nitrogen and oxygen atoms in total. The molecule has 6 heteroatoms. The number of unbranched alkanes of at least 4 members (excludes halogenated alkanes) is 2. The fourth-order valence-electron chi connectivity index (χ4n) is 2.32. The molecule has 148 valence electrons. The van der Waals surface area contributed by atoms with E-state index in [1.807, 2.05) is 6.08 Å². The number of Topliss-reactive ketones (excluding diaryl/α,β-unsaturated/α-hetero) is 1. The van der Waals surface area contributed by atoms with Crippen molar-refractivity contribution in [1.29, 1.82) is 0 Å². The molecule has 1 aliphatic rings. The molecule has 0 radical (unpaired) electrons. The first-order valence-corrected chi connectivity index (χ1v) is 13.3. The van der Waals surface area contributed by atoms with Gasteiger partial charge in [0.25, 0.3) is 0 Å². The van der Waals surface area contributed by atoms with Crippen molar-refractivity contribution >= 4 is 31.8 Å². The van der Waals surface area contributed by atoms with Crippen molar-refractivity contribution in [2.45, 2.75) is 77.1 Å². The molecule has 1 unspecified atom stereocenters. The molecule has 0 amide bonds. The summed E-state index contributed by atoms with van der Waals surface area (Å²) in [6.45, 7) is 14.9. The molecule has 0 saturated heterocycles. The topological polar surface area (TPSA) is 52.6 Å². The molecule has 0 bridgehead atoms. The minimum absolute atomic E-state index is 0.0643. The Balaban J connectivity index is 2.29. The second-order valence-corrected chi connectivity index (χ2v) is 14.1. The lowest BCUT2D eigenvalue weighted by Gasteiger charge is -2.37. The molecule has 0 spiro atoms. The van der Waals surface area contributed by atoms with Crippen LogP contribution in [0.1, 0.15) is 52.9 Å². The van der Waals surface area contributed by atoms with E-state index in [2.05, 4.69) is 40.4 Å². The first-order chi connectivity index (χ1) is 12.1. The lowest BCUT2D eigenvalue weighted by molar-refractivity contribution is -0.142. The minimum atomic E-state index is -1.85. The summed E-state index contributed by atoms with van der Waals surface area (Å²) in [6, 6.07) is 0. The van der Waals surface area contributed by atoms with Crippen LogP contribution in [0.15, 0.2) is 23.6 Å². The standard InChI is InChI=1S/C20H34O4SSi/c1-7-12-23-19(22)11-9-8-10-13-25-18-15-16(14-17(18)21)24-26(5,6)20(2,3)4/h7,15-16H,1,8-14H2,2-6H3. The molecule has 1 aliphatic carbocycles. The van der Waals surface area contributed by atoms with Gasteiger partial charge in [-0.2, -0.15) is 0 Å². The summed E-state index contributed by atoms with van der Waals surface area (Å²) in [4.78, 5) is 24.4. The largest absolute Gasteiger partial charge is 0.461 e. The van der Waals surface area contributed by atoms with E-state index >= 15 is 0 Å². The van der Waals surface area contributed by atoms with Crippen LogP contribution in [-0.2, 0) is 18.8 Å². The van der Waals surface area contributed by atoms with Crippen molar-refractivity contribution in [3.8, 4) is 0 Å². The average Bonchev–Trinajstić information content (AvgIpc) is 2.86. The molecule has 0 fully saturated rings. The van der Waals surface area contributed by atoms with Gasteiger partial charge in [0.05, 0.1) is 6.10 Å². The summed E-state index contributed by atoms with van der Waals surface area (Å²) in [7, 11) is -1.85. The number of thioether (sulfide) groups is 1. The third kappa shape index (κ3) is 7.80. The molecule has 26 heavy (non-hydrogen) atoms. The van der Waals surface area contributed by atoms with Crippen LogP contribution in [0.4, 0.5) is 0 Å². The van der Waals surface area contributed by atoms with Crippen molar-refractivity contribution in [2.75, 3.05) is 12.4 Å². The molecule has 0 saturated carbocycles. The van der Waals surface area contributed by atoms with Crippen LogP contribution >= 0.6 is 11.8 Å². The first kappa shape index (κ1) is 23.2. The number of rotatable bonds is 11. The van der Waals surface area contributed by atoms with Gasteiger partial charge in [0.15, 0.2) is 14.1 Å². The smallest absolute Gasteiger partial charge is 0.306 e. The van der Waals surface area contributed by atoms with E-state index in [1.165, 1.54) is 0 Å². The number of carbonyl (C=O) groups excluding carboxylic acids is 2. The second-order valence-electron chi connectivity index (χ2n) is 8.21. The zero-order valence-electron chi connectivity index (χ0n) is 16.9. The SMILES string of the molecule is C=CCOC(=O)CCCCCSC1=CC(O[Si](C)(C)C(C)(C)C)CC1=O. The lowest BCUT2D eigenvalue weighted by atomic mass is 10.2. The van der Waals surface area contributed by atoms with Gasteiger partial charge in [-0.05, 0) is 42.8 Å². The summed E-state index contributed by atoms with van der Waals surface area (Å²) in [5, 5.41) is 0.145. The number of ketones is 1. The van der Waals surface area contributed by atoms with Gasteiger partial charge in [-0.3, -0.25) is 9.59 Å². The Morgan fingerprint density at radius 2 is 2.04 bits per heavy atom. The Bertz CT molecular complexity index is 534. The molecular formula is C20H34O4SSi. The molecule has 0 N–H and O–H groups in total. The number of hydrogen-bond acceptors (Lipinski definition) is 5. The maximum Gasteiger partial charge on any atom is 0.306 e. The zero-order valence-corrected chi connectivity index (χ0v) is 18.7. The van der Waals surface area contributed by atoms with E-state index in [1.54, 1.807) is 17.8 Å². The summed E-state index contributed by atoms with van der Waals surface area (Å²) in [5.74, 6) is 0.926. The maximum absolute atomic E-state index is 12.2. The fraction of sp³-hybridized carbons (Fsp3) is 0.700. The van der Waals surface area contributed by atoms with Gasteiger partial charge in [-0.15, -0.1) is 11.8 Å². The molecular weight excluding hydrogens is 364 g/mol. The van der Waals surface area contributed by atoms with Gasteiger partial charge >= 0.3 is 5.97 Å². The normalized spacial score (nSPS) is 18.0. The monoisotopic (exact) mass is 398 g/mol. The molecule has 0 aromatic heterocycles. The van der Waals surface area contributed by atoms with Gasteiger partial charge in [0.1, 0.15) is 6.61 Å². The van der Waals surface area contributed by atoms with Gasteiger partial charge < -0.3 is 9.16 Å². The highest BCUT2D eigenvalue weighted by Gasteiger charge is 2.40. The quantitative estimate of drug-likeness (QED) is 0.206. The van der Waals surface area contributed by atoms with E-state index in [9.17, 15) is 9.59 Å². The molecule has 1 atom stereocenters. The predicted octanol–water partition coefficient (Wildman–Crippen LogP) is 5.26. The Hall–Kier alpha value is -0.853. The van der Waals surface area contributed by atoms with E-state index in [-0.39, 0.29) is 29.5 Å². The van der Waals surface area contributed by atoms with E-state index in [0.717, 1.165) is 29.9 Å². The minimum Gasteiger partial charge on any atom is -0.461 e. The van der Waals surface area contributed by atoms with Crippen molar-refractivity contribution < 1.29 is 18.8 Å². The second kappa shape index (κ2) is 10.5. The summed E-state index contributed by atoms with van der Waals surface area (Å²) in [6.07, 6.45) is 7.21. The average molecular weight is 399 g/mol. The van der Waals surface area contributed by atoms with Crippen LogP contribution < -0.4 is 0 Å². The Morgan fingerprint density at radius 1 is 1.35 bits per heavy atom. The van der Waals surface area contributed by atoms with E-state index in [4.69, 9.17) is 9.16 Å². The van der Waals surface area contributed by atoms with Gasteiger partial charge in [-0.1, -0.05) is 39.8 Å². The Kier molecular flexibility index (Phi) is 9.34.